The lowest BCUT2D eigenvalue weighted by Crippen LogP contribution is -2.40. The zero-order chi connectivity index (χ0) is 20.9. The summed E-state index contributed by atoms with van der Waals surface area (Å²) in [6, 6.07) is 0. The normalized spacial score (nSPS) is 11.4. The van der Waals surface area contributed by atoms with Crippen LogP contribution in [0.4, 0.5) is 11.8 Å². The Labute approximate surface area is 174 Å². The third-order valence-corrected chi connectivity index (χ3v) is 5.44. The van der Waals surface area contributed by atoms with Crippen molar-refractivity contribution in [3.63, 3.8) is 0 Å². The van der Waals surface area contributed by atoms with Gasteiger partial charge in [-0.1, -0.05) is 52.4 Å². The minimum absolute atomic E-state index is 0.417. The number of aromatic nitrogens is 4. The van der Waals surface area contributed by atoms with Gasteiger partial charge >= 0.3 is 0 Å². The molecule has 2 heterocycles. The van der Waals surface area contributed by atoms with Crippen LogP contribution in [0.3, 0.4) is 0 Å². The van der Waals surface area contributed by atoms with Gasteiger partial charge in [0.15, 0.2) is 13.1 Å². The van der Waals surface area contributed by atoms with Crippen molar-refractivity contribution in [2.24, 2.45) is 0 Å². The minimum atomic E-state index is 0.417. The van der Waals surface area contributed by atoms with Gasteiger partial charge < -0.3 is 11.5 Å². The van der Waals surface area contributed by atoms with Gasteiger partial charge in [-0.05, 0) is 28.6 Å². The van der Waals surface area contributed by atoms with Gasteiger partial charge in [0.25, 0.3) is 23.2 Å². The fourth-order valence-corrected chi connectivity index (χ4v) is 3.65. The number of aryl methyl sites for hydroxylation is 2. The van der Waals surface area contributed by atoms with Crippen LogP contribution >= 0.6 is 0 Å². The lowest BCUT2D eigenvalue weighted by molar-refractivity contribution is -0.769. The van der Waals surface area contributed by atoms with E-state index < -0.39 is 0 Å². The van der Waals surface area contributed by atoms with Crippen molar-refractivity contribution < 1.29 is 18.4 Å². The lowest BCUT2D eigenvalue weighted by Gasteiger charge is -1.98. The number of anilines is 2. The molecule has 2 rings (SSSR count). The zero-order valence-electron chi connectivity index (χ0n) is 18.4. The smallest absolute Gasteiger partial charge is 0.296 e. The van der Waals surface area contributed by atoms with Gasteiger partial charge in [-0.3, -0.25) is 9.05 Å². The Morgan fingerprint density at radius 3 is 1.45 bits per heavy atom. The number of nitrogens with zero attached hydrogens (tertiary/aromatic N) is 4. The predicted molar refractivity (Wildman–Crippen MR) is 112 cm³/mol. The van der Waals surface area contributed by atoms with Crippen molar-refractivity contribution in [1.82, 2.24) is 10.5 Å². The molecular formula is C21H40N6O2+2. The fourth-order valence-electron chi connectivity index (χ4n) is 3.65. The van der Waals surface area contributed by atoms with Crippen molar-refractivity contribution >= 4 is 11.8 Å². The third kappa shape index (κ3) is 7.66. The van der Waals surface area contributed by atoms with Gasteiger partial charge in [-0.2, -0.15) is 0 Å². The molecule has 8 heteroatoms. The van der Waals surface area contributed by atoms with Crippen LogP contribution in [0.25, 0.3) is 0 Å². The van der Waals surface area contributed by atoms with E-state index in [1.807, 2.05) is 9.36 Å². The molecule has 0 bridgehead atoms. The molecule has 0 saturated carbocycles. The van der Waals surface area contributed by atoms with Gasteiger partial charge in [0.1, 0.15) is 0 Å². The lowest BCUT2D eigenvalue weighted by atomic mass is 10.1. The zero-order valence-corrected chi connectivity index (χ0v) is 18.4. The Morgan fingerprint density at radius 1 is 0.621 bits per heavy atom. The highest BCUT2D eigenvalue weighted by molar-refractivity contribution is 5.27. The van der Waals surface area contributed by atoms with Gasteiger partial charge in [0.2, 0.25) is 10.5 Å². The minimum Gasteiger partial charge on any atom is -0.362 e. The van der Waals surface area contributed by atoms with Crippen LogP contribution in [-0.2, 0) is 25.9 Å². The average Bonchev–Trinajstić information content (AvgIpc) is 3.24. The molecule has 0 amide bonds. The van der Waals surface area contributed by atoms with Crippen LogP contribution in [0, 0.1) is 0 Å². The van der Waals surface area contributed by atoms with Crippen molar-refractivity contribution in [2.75, 3.05) is 11.5 Å². The van der Waals surface area contributed by atoms with Crippen LogP contribution in [0.1, 0.15) is 95.9 Å². The van der Waals surface area contributed by atoms with E-state index in [4.69, 9.17) is 20.5 Å². The summed E-state index contributed by atoms with van der Waals surface area (Å²) in [6.07, 6.45) is 14.7. The maximum Gasteiger partial charge on any atom is 0.296 e. The molecule has 0 unspecified atom stereocenters. The molecule has 0 saturated heterocycles. The van der Waals surface area contributed by atoms with Gasteiger partial charge in [0.05, 0.1) is 0 Å². The highest BCUT2D eigenvalue weighted by Gasteiger charge is 2.25. The summed E-state index contributed by atoms with van der Waals surface area (Å²) in [5.41, 5.74) is 14.0. The van der Waals surface area contributed by atoms with Crippen LogP contribution in [0.15, 0.2) is 9.05 Å². The Kier molecular flexibility index (Phi) is 10.5. The molecule has 0 atom stereocenters. The summed E-state index contributed by atoms with van der Waals surface area (Å²) in [5, 5.41) is 8.21. The van der Waals surface area contributed by atoms with Crippen molar-refractivity contribution in [1.29, 1.82) is 0 Å². The standard InChI is InChI=1S/C21H40N6O2/c1-3-5-7-9-11-16-26-18(20(22)28-24-26)14-13-15-19-21(23)29-25-27(19)17-12-10-8-6-4-2/h3-17,22-23H2,1-2H3/q+2. The third-order valence-electron chi connectivity index (χ3n) is 5.44. The number of unbranched alkanes of at least 4 members (excludes halogenated alkanes) is 8. The second-order valence-electron chi connectivity index (χ2n) is 7.90. The predicted octanol–water partition coefficient (Wildman–Crippen LogP) is 3.52. The van der Waals surface area contributed by atoms with Crippen molar-refractivity contribution in [3.8, 4) is 0 Å². The van der Waals surface area contributed by atoms with Crippen LogP contribution in [0.2, 0.25) is 0 Å². The van der Waals surface area contributed by atoms with E-state index in [0.29, 0.717) is 11.8 Å². The Morgan fingerprint density at radius 2 is 1.03 bits per heavy atom. The highest BCUT2D eigenvalue weighted by atomic mass is 16.5. The first-order valence-electron chi connectivity index (χ1n) is 11.5. The first-order valence-corrected chi connectivity index (χ1v) is 11.5. The molecule has 8 nitrogen and oxygen atoms in total. The molecule has 0 aliphatic rings. The van der Waals surface area contributed by atoms with E-state index in [-0.39, 0.29) is 0 Å². The van der Waals surface area contributed by atoms with E-state index in [0.717, 1.165) is 56.6 Å². The van der Waals surface area contributed by atoms with Crippen LogP contribution < -0.4 is 20.8 Å². The van der Waals surface area contributed by atoms with E-state index in [1.165, 1.54) is 51.4 Å². The first kappa shape index (κ1) is 23.2. The quantitative estimate of drug-likeness (QED) is 0.325. The molecule has 0 fully saturated rings. The maximum atomic E-state index is 6.01. The summed E-state index contributed by atoms with van der Waals surface area (Å²) in [4.78, 5) is 0. The SMILES string of the molecule is CCCCCCC[n+]1noc(N)c1CCCc1c(N)on[n+]1CCCCCCC. The molecule has 0 aliphatic carbocycles. The summed E-state index contributed by atoms with van der Waals surface area (Å²) in [5.74, 6) is 0.835. The van der Waals surface area contributed by atoms with Gasteiger partial charge in [0, 0.05) is 25.7 Å². The number of hydrogen-bond acceptors (Lipinski definition) is 6. The molecule has 0 spiro atoms. The average molecular weight is 409 g/mol. The Bertz CT molecular complexity index is 639. The number of rotatable bonds is 16. The second kappa shape index (κ2) is 13.2. The molecule has 164 valence electrons. The summed E-state index contributed by atoms with van der Waals surface area (Å²) in [7, 11) is 0. The van der Waals surface area contributed by atoms with E-state index in [9.17, 15) is 0 Å². The first-order chi connectivity index (χ1) is 14.2. The van der Waals surface area contributed by atoms with E-state index >= 15 is 0 Å². The maximum absolute atomic E-state index is 6.01. The largest absolute Gasteiger partial charge is 0.362 e. The molecule has 2 aromatic heterocycles. The van der Waals surface area contributed by atoms with Crippen molar-refractivity contribution in [3.05, 3.63) is 11.4 Å². The Balaban J connectivity index is 1.81. The summed E-state index contributed by atoms with van der Waals surface area (Å²) >= 11 is 0. The second-order valence-corrected chi connectivity index (χ2v) is 7.90. The fraction of sp³-hybridized carbons (Fsp3) is 0.810. The molecule has 0 aliphatic heterocycles. The molecule has 0 radical (unpaired) electrons. The monoisotopic (exact) mass is 408 g/mol. The topological polar surface area (TPSA) is 112 Å². The number of nitrogens with two attached hydrogens (primary N) is 2. The summed E-state index contributed by atoms with van der Waals surface area (Å²) < 4.78 is 14.3. The molecule has 4 N–H and O–H groups in total. The molecular weight excluding hydrogens is 368 g/mol. The highest BCUT2D eigenvalue weighted by Crippen LogP contribution is 2.14. The summed E-state index contributed by atoms with van der Waals surface area (Å²) in [6.45, 7) is 6.16. The number of hydrogen-bond donors (Lipinski definition) is 2. The van der Waals surface area contributed by atoms with Crippen LogP contribution in [-0.4, -0.2) is 10.5 Å². The molecule has 2 aromatic rings. The van der Waals surface area contributed by atoms with Crippen molar-refractivity contribution in [2.45, 2.75) is 110 Å². The molecule has 0 aromatic carbocycles. The molecule has 29 heavy (non-hydrogen) atoms. The number of nitrogen functional groups attached to an aromatic ring is 2. The van der Waals surface area contributed by atoms with E-state index in [1.54, 1.807) is 0 Å². The van der Waals surface area contributed by atoms with Gasteiger partial charge in [-0.25, -0.2) is 0 Å². The van der Waals surface area contributed by atoms with E-state index in [2.05, 4.69) is 24.4 Å². The van der Waals surface area contributed by atoms with Crippen LogP contribution in [0.5, 0.6) is 0 Å². The Hall–Kier alpha value is -2.12. The van der Waals surface area contributed by atoms with Gasteiger partial charge in [-0.15, -0.1) is 0 Å².